The maximum atomic E-state index is 14.6. The number of rotatable bonds is 10. The molecule has 0 radical (unpaired) electrons. The summed E-state index contributed by atoms with van der Waals surface area (Å²) >= 11 is 6.21. The van der Waals surface area contributed by atoms with Crippen molar-refractivity contribution in [3.8, 4) is 17.1 Å². The van der Waals surface area contributed by atoms with Crippen LogP contribution in [-0.2, 0) is 47.5 Å². The van der Waals surface area contributed by atoms with Crippen molar-refractivity contribution in [1.82, 2.24) is 34.0 Å². The van der Waals surface area contributed by atoms with Gasteiger partial charge in [-0.1, -0.05) is 48.9 Å². The lowest BCUT2D eigenvalue weighted by molar-refractivity contribution is -0.137. The summed E-state index contributed by atoms with van der Waals surface area (Å²) in [6.07, 6.45) is -3.02. The molecule has 8 rings (SSSR count). The Kier molecular flexibility index (Phi) is 11.3. The Bertz CT molecular complexity index is 2780. The lowest BCUT2D eigenvalue weighted by Crippen LogP contribution is -2.51. The van der Waals surface area contributed by atoms with Gasteiger partial charge in [-0.25, -0.2) is 9.97 Å². The Hall–Kier alpha value is -6.33. The first-order chi connectivity index (χ1) is 29.5. The number of nitrogens with one attached hydrogen (secondary N) is 1. The van der Waals surface area contributed by atoms with Gasteiger partial charge in [-0.2, -0.15) is 22.7 Å². The maximum Gasteiger partial charge on any atom is 0.416 e. The number of piperazine rings is 1. The second-order valence-electron chi connectivity index (χ2n) is 15.7. The van der Waals surface area contributed by atoms with Crippen LogP contribution in [0.15, 0.2) is 71.8 Å². The number of aromatic nitrogens is 6. The molecule has 0 bridgehead atoms. The van der Waals surface area contributed by atoms with Gasteiger partial charge in [0.1, 0.15) is 25.2 Å². The summed E-state index contributed by atoms with van der Waals surface area (Å²) in [7, 11) is 0. The zero-order valence-corrected chi connectivity index (χ0v) is 35.4. The zero-order valence-electron chi connectivity index (χ0n) is 34.6. The minimum absolute atomic E-state index is 0.0192. The minimum Gasteiger partial charge on any atom is -0.485 e. The normalized spacial score (nSPS) is 14.9. The molecule has 18 heteroatoms. The third-order valence-electron chi connectivity index (χ3n) is 11.2. The van der Waals surface area contributed by atoms with Crippen LogP contribution in [0.5, 0.6) is 5.75 Å². The standard InChI is InChI=1S/C44H43ClF3N9O5/c1-6-33-37(54-14-16-55(17-15-54)40(59)36-38(26(3)49-24-50-36)61-22-27-10-8-7-9-11-27)41(60)57-42(52-39(53-57)28-18-25(2)35-29(19-28)23-62-43(35,4)5)56(33)21-34(58)51-32-13-12-30(20-31(32)45)44(46,47)48/h7-13,18-20,24H,6,14-17,21-23H2,1-5H3,(H,51,58). The molecule has 0 atom stereocenters. The summed E-state index contributed by atoms with van der Waals surface area (Å²) in [5, 5.41) is 7.04. The van der Waals surface area contributed by atoms with Gasteiger partial charge < -0.3 is 29.2 Å². The molecular weight excluding hydrogens is 827 g/mol. The van der Waals surface area contributed by atoms with Crippen molar-refractivity contribution < 1.29 is 32.2 Å². The number of fused-ring (bicyclic) bond motifs is 2. The number of carbonyl (C=O) groups is 2. The van der Waals surface area contributed by atoms with E-state index in [2.05, 4.69) is 15.3 Å². The molecule has 62 heavy (non-hydrogen) atoms. The molecule has 2 aliphatic heterocycles. The summed E-state index contributed by atoms with van der Waals surface area (Å²) < 4.78 is 55.0. The largest absolute Gasteiger partial charge is 0.485 e. The first kappa shape index (κ1) is 42.4. The molecule has 2 amide bonds. The van der Waals surface area contributed by atoms with Crippen LogP contribution in [0.4, 0.5) is 24.5 Å². The van der Waals surface area contributed by atoms with Crippen LogP contribution in [-0.4, -0.2) is 72.0 Å². The molecule has 14 nitrogen and oxygen atoms in total. The van der Waals surface area contributed by atoms with Crippen molar-refractivity contribution >= 4 is 40.6 Å². The number of amides is 2. The molecule has 322 valence electrons. The molecule has 5 heterocycles. The van der Waals surface area contributed by atoms with E-state index in [9.17, 15) is 27.6 Å². The van der Waals surface area contributed by atoms with Gasteiger partial charge in [0.15, 0.2) is 17.3 Å². The van der Waals surface area contributed by atoms with Crippen molar-refractivity contribution in [3.05, 3.63) is 127 Å². The smallest absolute Gasteiger partial charge is 0.416 e. The SMILES string of the molecule is CCc1c(N2CCN(C(=O)c3ncnc(C)c3OCc3ccccc3)CC2)c(=O)n2nc(-c3cc(C)c4c(c3)COC4(C)C)nc2n1CC(=O)Nc1ccc(C(F)(F)F)cc1Cl. The molecule has 0 unspecified atom stereocenters. The molecule has 0 spiro atoms. The van der Waals surface area contributed by atoms with Gasteiger partial charge in [0.05, 0.1) is 39.9 Å². The van der Waals surface area contributed by atoms with E-state index in [0.29, 0.717) is 23.6 Å². The van der Waals surface area contributed by atoms with E-state index in [1.807, 2.05) is 75.1 Å². The van der Waals surface area contributed by atoms with E-state index in [0.717, 1.165) is 40.5 Å². The van der Waals surface area contributed by atoms with E-state index in [4.69, 9.17) is 31.2 Å². The van der Waals surface area contributed by atoms with Crippen molar-refractivity contribution in [1.29, 1.82) is 0 Å². The van der Waals surface area contributed by atoms with Gasteiger partial charge in [-0.3, -0.25) is 14.4 Å². The molecule has 0 saturated carbocycles. The number of anilines is 2. The Balaban J connectivity index is 1.13. The van der Waals surface area contributed by atoms with Crippen molar-refractivity contribution in [2.45, 2.75) is 72.6 Å². The van der Waals surface area contributed by atoms with Crippen LogP contribution < -0.4 is 20.5 Å². The van der Waals surface area contributed by atoms with E-state index >= 15 is 0 Å². The lowest BCUT2D eigenvalue weighted by atomic mass is 9.90. The number of carbonyl (C=O) groups excluding carboxylic acids is 2. The third-order valence-corrected chi connectivity index (χ3v) is 11.5. The highest BCUT2D eigenvalue weighted by atomic mass is 35.5. The van der Waals surface area contributed by atoms with Gasteiger partial charge in [0, 0.05) is 31.7 Å². The third kappa shape index (κ3) is 8.09. The maximum absolute atomic E-state index is 14.6. The summed E-state index contributed by atoms with van der Waals surface area (Å²) in [5.74, 6) is -0.351. The second kappa shape index (κ2) is 16.5. The summed E-state index contributed by atoms with van der Waals surface area (Å²) in [5.41, 5.74) is 4.04. The molecule has 1 saturated heterocycles. The first-order valence-corrected chi connectivity index (χ1v) is 20.4. The van der Waals surface area contributed by atoms with Crippen molar-refractivity contribution in [2.75, 3.05) is 36.4 Å². The van der Waals surface area contributed by atoms with E-state index in [1.165, 1.54) is 10.8 Å². The number of benzene rings is 3. The highest BCUT2D eigenvalue weighted by Crippen LogP contribution is 2.40. The molecule has 2 aliphatic rings. The Morgan fingerprint density at radius 2 is 1.74 bits per heavy atom. The van der Waals surface area contributed by atoms with Gasteiger partial charge in [0.2, 0.25) is 11.7 Å². The predicted octanol–water partition coefficient (Wildman–Crippen LogP) is 7.14. The quantitative estimate of drug-likeness (QED) is 0.151. The van der Waals surface area contributed by atoms with E-state index in [-0.39, 0.29) is 84.6 Å². The highest BCUT2D eigenvalue weighted by Gasteiger charge is 2.35. The van der Waals surface area contributed by atoms with Gasteiger partial charge in [-0.15, -0.1) is 5.10 Å². The fraction of sp³-hybridized carbons (Fsp3) is 0.341. The van der Waals surface area contributed by atoms with Gasteiger partial charge >= 0.3 is 6.18 Å². The summed E-state index contributed by atoms with van der Waals surface area (Å²) in [6.45, 7) is 10.7. The highest BCUT2D eigenvalue weighted by molar-refractivity contribution is 6.33. The Morgan fingerprint density at radius 1 is 1.00 bits per heavy atom. The van der Waals surface area contributed by atoms with Gasteiger partial charge in [-0.05, 0) is 86.7 Å². The van der Waals surface area contributed by atoms with Crippen LogP contribution in [0, 0.1) is 13.8 Å². The monoisotopic (exact) mass is 869 g/mol. The molecule has 1 N–H and O–H groups in total. The summed E-state index contributed by atoms with van der Waals surface area (Å²) in [6, 6.07) is 16.1. The lowest BCUT2D eigenvalue weighted by Gasteiger charge is -2.36. The first-order valence-electron chi connectivity index (χ1n) is 20.0. The Morgan fingerprint density at radius 3 is 2.44 bits per heavy atom. The fourth-order valence-electron chi connectivity index (χ4n) is 8.27. The van der Waals surface area contributed by atoms with Crippen LogP contribution in [0.2, 0.25) is 5.02 Å². The average Bonchev–Trinajstić information content (AvgIpc) is 3.83. The second-order valence-corrected chi connectivity index (χ2v) is 16.2. The van der Waals surface area contributed by atoms with Crippen LogP contribution in [0.1, 0.15) is 70.5 Å². The molecule has 1 fully saturated rings. The van der Waals surface area contributed by atoms with E-state index in [1.54, 1.807) is 16.4 Å². The molecule has 3 aromatic carbocycles. The number of hydrogen-bond acceptors (Lipinski definition) is 10. The number of halogens is 4. The summed E-state index contributed by atoms with van der Waals surface area (Å²) in [4.78, 5) is 59.4. The number of hydrogen-bond donors (Lipinski definition) is 1. The number of aryl methyl sites for hydroxylation is 2. The zero-order chi connectivity index (χ0) is 44.1. The van der Waals surface area contributed by atoms with Crippen LogP contribution in [0.25, 0.3) is 17.2 Å². The number of ether oxygens (including phenoxy) is 2. The average molecular weight is 870 g/mol. The van der Waals surface area contributed by atoms with Crippen LogP contribution >= 0.6 is 11.6 Å². The van der Waals surface area contributed by atoms with E-state index < -0.39 is 35.4 Å². The molecule has 3 aromatic heterocycles. The Labute approximate surface area is 359 Å². The molecular formula is C44H43ClF3N9O5. The predicted molar refractivity (Wildman–Crippen MR) is 225 cm³/mol. The topological polar surface area (TPSA) is 149 Å². The van der Waals surface area contributed by atoms with Crippen molar-refractivity contribution in [3.63, 3.8) is 0 Å². The van der Waals surface area contributed by atoms with Crippen LogP contribution in [0.3, 0.4) is 0 Å². The minimum atomic E-state index is -4.63. The number of alkyl halides is 3. The molecule has 6 aromatic rings. The van der Waals surface area contributed by atoms with Crippen molar-refractivity contribution in [2.24, 2.45) is 0 Å². The number of nitrogens with zero attached hydrogens (tertiary/aromatic N) is 8. The van der Waals surface area contributed by atoms with Gasteiger partial charge in [0.25, 0.3) is 11.5 Å². The molecule has 0 aliphatic carbocycles. The fourth-order valence-corrected chi connectivity index (χ4v) is 8.50.